The lowest BCUT2D eigenvalue weighted by atomic mass is 10.0. The fourth-order valence-corrected chi connectivity index (χ4v) is 3.73. The number of primary amides is 1. The molecule has 0 fully saturated rings. The third kappa shape index (κ3) is 7.05. The number of rotatable bonds is 10. The lowest BCUT2D eigenvalue weighted by molar-refractivity contribution is -0.147. The quantitative estimate of drug-likeness (QED) is 0.168. The Morgan fingerprint density at radius 2 is 1.82 bits per heavy atom. The number of nitrogens with two attached hydrogens (primary N) is 2. The van der Waals surface area contributed by atoms with Gasteiger partial charge in [0.15, 0.2) is 6.23 Å². The smallest absolute Gasteiger partial charge is 0.300 e. The molecule has 0 saturated heterocycles. The summed E-state index contributed by atoms with van der Waals surface area (Å²) in [4.78, 5) is 48.6. The number of ether oxygens (including phenoxy) is 3. The molecule has 0 aromatic heterocycles. The Morgan fingerprint density at radius 3 is 2.34 bits per heavy atom. The summed E-state index contributed by atoms with van der Waals surface area (Å²) >= 11 is 0. The first-order valence-corrected chi connectivity index (χ1v) is 11.3. The van der Waals surface area contributed by atoms with Gasteiger partial charge < -0.3 is 41.0 Å². The van der Waals surface area contributed by atoms with Crippen LogP contribution in [0.5, 0.6) is 5.75 Å². The largest absolute Gasteiger partial charge is 0.497 e. The Kier molecular flexibility index (Phi) is 10.3. The summed E-state index contributed by atoms with van der Waals surface area (Å²) in [6.45, 7) is 3.11. The molecule has 3 amide bonds. The third-order valence-corrected chi connectivity index (χ3v) is 5.40. The Morgan fingerprint density at radius 1 is 1.16 bits per heavy atom. The molecule has 1 aliphatic rings. The predicted octanol–water partition coefficient (Wildman–Crippen LogP) is 0.949. The van der Waals surface area contributed by atoms with Gasteiger partial charge in [-0.1, -0.05) is 12.1 Å². The van der Waals surface area contributed by atoms with Gasteiger partial charge in [0.1, 0.15) is 11.6 Å². The van der Waals surface area contributed by atoms with Gasteiger partial charge in [0, 0.05) is 49.4 Å². The number of carbonyl (C=O) groups excluding carboxylic acids is 3. The highest BCUT2D eigenvalue weighted by molar-refractivity contribution is 6.02. The number of nitrogen functional groups attached to an aromatic ring is 1. The number of carbonyl (C=O) groups is 4. The zero-order valence-corrected chi connectivity index (χ0v) is 21.4. The van der Waals surface area contributed by atoms with Crippen molar-refractivity contribution in [2.75, 3.05) is 20.8 Å². The second kappa shape index (κ2) is 13.2. The van der Waals surface area contributed by atoms with E-state index in [2.05, 4.69) is 5.32 Å². The Balaban J connectivity index is 0.00000118. The molecule has 0 saturated carbocycles. The van der Waals surface area contributed by atoms with Crippen LogP contribution in [0.15, 0.2) is 36.4 Å². The van der Waals surface area contributed by atoms with Crippen LogP contribution in [0.4, 0.5) is 0 Å². The van der Waals surface area contributed by atoms with Crippen molar-refractivity contribution >= 4 is 29.5 Å². The van der Waals surface area contributed by atoms with Crippen LogP contribution in [-0.4, -0.2) is 66.6 Å². The summed E-state index contributed by atoms with van der Waals surface area (Å²) in [5.74, 6) is -2.27. The molecule has 1 aliphatic heterocycles. The van der Waals surface area contributed by atoms with E-state index < -0.39 is 30.2 Å². The molecule has 0 spiro atoms. The fraction of sp³-hybridized carbons (Fsp3) is 0.320. The van der Waals surface area contributed by atoms with Crippen molar-refractivity contribution in [3.63, 3.8) is 0 Å². The van der Waals surface area contributed by atoms with E-state index >= 15 is 0 Å². The molecule has 2 atom stereocenters. The first-order chi connectivity index (χ1) is 17.9. The first-order valence-electron chi connectivity index (χ1n) is 11.3. The van der Waals surface area contributed by atoms with Crippen LogP contribution in [0, 0.1) is 5.41 Å². The average Bonchev–Trinajstić information content (AvgIpc) is 3.19. The standard InChI is InChI=1S/C23H27N5O6.C2H4O2/c1-4-34-23(28-11-13-9-14(32-2)6-8-15(13)22(28)31)20(30)27-21(33-3)16-7-5-12(18(24)25)10-17(16)19(26)29;1-2(3)4/h5-10,21,23H,4,11H2,1-3H3,(H3,24,25)(H2,26,29)(H,27,30);1H3,(H,3,4). The van der Waals surface area contributed by atoms with Crippen molar-refractivity contribution in [3.05, 3.63) is 64.2 Å². The minimum Gasteiger partial charge on any atom is -0.497 e. The van der Waals surface area contributed by atoms with Crippen LogP contribution in [0.25, 0.3) is 0 Å². The summed E-state index contributed by atoms with van der Waals surface area (Å²) in [6.07, 6.45) is -2.33. The van der Waals surface area contributed by atoms with Gasteiger partial charge in [0.05, 0.1) is 7.11 Å². The maximum absolute atomic E-state index is 13.2. The summed E-state index contributed by atoms with van der Waals surface area (Å²) in [5.41, 5.74) is 12.8. The van der Waals surface area contributed by atoms with Gasteiger partial charge in [0.25, 0.3) is 17.8 Å². The van der Waals surface area contributed by atoms with Gasteiger partial charge in [-0.05, 0) is 36.8 Å². The molecule has 7 N–H and O–H groups in total. The van der Waals surface area contributed by atoms with Crippen LogP contribution in [0.1, 0.15) is 57.5 Å². The zero-order chi connectivity index (χ0) is 28.6. The first kappa shape index (κ1) is 29.7. The van der Waals surface area contributed by atoms with Crippen molar-refractivity contribution in [3.8, 4) is 5.75 Å². The zero-order valence-electron chi connectivity index (χ0n) is 21.4. The number of hydrogen-bond acceptors (Lipinski definition) is 8. The van der Waals surface area contributed by atoms with Crippen LogP contribution < -0.4 is 21.5 Å². The molecule has 0 radical (unpaired) electrons. The monoisotopic (exact) mass is 529 g/mol. The van der Waals surface area contributed by atoms with E-state index in [1.54, 1.807) is 25.1 Å². The summed E-state index contributed by atoms with van der Waals surface area (Å²) in [5, 5.41) is 17.6. The SMILES string of the molecule is CC(=O)O.CCOC(C(=O)NC(OC)c1ccc(C(=N)N)cc1C(N)=O)N1Cc2cc(OC)ccc2C1=O. The van der Waals surface area contributed by atoms with Crippen molar-refractivity contribution in [2.24, 2.45) is 11.5 Å². The molecular formula is C25H31N5O8. The average molecular weight is 530 g/mol. The lowest BCUT2D eigenvalue weighted by Crippen LogP contribution is -2.50. The number of carboxylic acids is 1. The Labute approximate surface area is 219 Å². The summed E-state index contributed by atoms with van der Waals surface area (Å²) in [6, 6.07) is 9.41. The van der Waals surface area contributed by atoms with Crippen LogP contribution in [0.2, 0.25) is 0 Å². The number of benzene rings is 2. The molecule has 2 aromatic rings. The van der Waals surface area contributed by atoms with E-state index in [1.807, 2.05) is 0 Å². The molecule has 2 aromatic carbocycles. The second-order valence-electron chi connectivity index (χ2n) is 7.99. The second-order valence-corrected chi connectivity index (χ2v) is 7.99. The van der Waals surface area contributed by atoms with Crippen LogP contribution >= 0.6 is 0 Å². The van der Waals surface area contributed by atoms with Crippen LogP contribution in [0.3, 0.4) is 0 Å². The number of amidine groups is 1. The van der Waals surface area contributed by atoms with Gasteiger partial charge in [-0.25, -0.2) is 0 Å². The van der Waals surface area contributed by atoms with E-state index in [9.17, 15) is 14.4 Å². The number of nitrogens with zero attached hydrogens (tertiary/aromatic N) is 1. The normalized spacial score (nSPS) is 13.5. The van der Waals surface area contributed by atoms with Crippen molar-refractivity contribution in [2.45, 2.75) is 32.8 Å². The number of carboxylic acid groups (broad SMARTS) is 1. The molecule has 1 heterocycles. The molecule has 38 heavy (non-hydrogen) atoms. The topological polar surface area (TPSA) is 207 Å². The van der Waals surface area contributed by atoms with E-state index in [0.29, 0.717) is 22.4 Å². The Hall–Kier alpha value is -4.49. The van der Waals surface area contributed by atoms with Gasteiger partial charge in [-0.15, -0.1) is 0 Å². The number of hydrogen-bond donors (Lipinski definition) is 5. The highest BCUT2D eigenvalue weighted by atomic mass is 16.5. The highest BCUT2D eigenvalue weighted by Crippen LogP contribution is 2.29. The molecule has 204 valence electrons. The lowest BCUT2D eigenvalue weighted by Gasteiger charge is -2.28. The molecule has 13 nitrogen and oxygen atoms in total. The van der Waals surface area contributed by atoms with Gasteiger partial charge in [-0.3, -0.25) is 24.6 Å². The van der Waals surface area contributed by atoms with Crippen molar-refractivity contribution in [1.29, 1.82) is 5.41 Å². The highest BCUT2D eigenvalue weighted by Gasteiger charge is 2.38. The van der Waals surface area contributed by atoms with Gasteiger partial charge >= 0.3 is 0 Å². The number of amides is 3. The van der Waals surface area contributed by atoms with E-state index in [1.165, 1.54) is 37.3 Å². The predicted molar refractivity (Wildman–Crippen MR) is 135 cm³/mol. The molecule has 3 rings (SSSR count). The summed E-state index contributed by atoms with van der Waals surface area (Å²) < 4.78 is 16.3. The van der Waals surface area contributed by atoms with E-state index in [-0.39, 0.29) is 36.0 Å². The number of methoxy groups -OCH3 is 2. The molecule has 2 unspecified atom stereocenters. The minimum absolute atomic E-state index is 0.0320. The maximum atomic E-state index is 13.2. The minimum atomic E-state index is -1.25. The number of aliphatic carboxylic acids is 1. The van der Waals surface area contributed by atoms with Crippen molar-refractivity contribution in [1.82, 2.24) is 10.2 Å². The molecular weight excluding hydrogens is 498 g/mol. The number of nitrogens with one attached hydrogen (secondary N) is 2. The summed E-state index contributed by atoms with van der Waals surface area (Å²) in [7, 11) is 2.87. The maximum Gasteiger partial charge on any atom is 0.300 e. The van der Waals surface area contributed by atoms with Gasteiger partial charge in [0.2, 0.25) is 12.1 Å². The molecule has 0 bridgehead atoms. The molecule has 13 heteroatoms. The number of fused-ring (bicyclic) bond motifs is 1. The fourth-order valence-electron chi connectivity index (χ4n) is 3.73. The van der Waals surface area contributed by atoms with Crippen LogP contribution in [-0.2, 0) is 25.6 Å². The molecule has 0 aliphatic carbocycles. The third-order valence-electron chi connectivity index (χ3n) is 5.40. The van der Waals surface area contributed by atoms with Gasteiger partial charge in [-0.2, -0.15) is 0 Å². The van der Waals surface area contributed by atoms with E-state index in [4.69, 9.17) is 41.0 Å². The Bertz CT molecular complexity index is 1230. The van der Waals surface area contributed by atoms with E-state index in [0.717, 1.165) is 6.92 Å². The van der Waals surface area contributed by atoms with Crippen molar-refractivity contribution < 1.29 is 38.5 Å².